The summed E-state index contributed by atoms with van der Waals surface area (Å²) in [4.78, 5) is 27.2. The third-order valence-corrected chi connectivity index (χ3v) is 4.78. The first-order chi connectivity index (χ1) is 14.0. The molecule has 156 valence electrons. The lowest BCUT2D eigenvalue weighted by atomic mass is 10.1. The average molecular weight is 399 g/mol. The zero-order valence-corrected chi connectivity index (χ0v) is 17.6. The molecule has 0 heterocycles. The van der Waals surface area contributed by atoms with Crippen molar-refractivity contribution in [3.63, 3.8) is 0 Å². The van der Waals surface area contributed by atoms with Gasteiger partial charge in [0.25, 0.3) is 5.91 Å². The molecule has 0 unspecified atom stereocenters. The zero-order chi connectivity index (χ0) is 21.2. The monoisotopic (exact) mass is 398 g/mol. The van der Waals surface area contributed by atoms with Gasteiger partial charge in [0.05, 0.1) is 7.11 Å². The Labute approximate surface area is 172 Å². The lowest BCUT2D eigenvalue weighted by Gasteiger charge is -2.29. The Kier molecular flexibility index (Phi) is 8.52. The van der Waals surface area contributed by atoms with Gasteiger partial charge in [-0.2, -0.15) is 0 Å². The van der Waals surface area contributed by atoms with E-state index in [1.54, 1.807) is 31.1 Å². The van der Waals surface area contributed by atoms with Gasteiger partial charge >= 0.3 is 0 Å². The first kappa shape index (κ1) is 22.3. The first-order valence-corrected chi connectivity index (χ1v) is 9.85. The van der Waals surface area contributed by atoms with E-state index in [2.05, 4.69) is 5.32 Å². The fraction of sp³-hybridized carbons (Fsp3) is 0.391. The summed E-state index contributed by atoms with van der Waals surface area (Å²) >= 11 is 0. The van der Waals surface area contributed by atoms with Crippen molar-refractivity contribution in [3.8, 4) is 11.5 Å². The minimum absolute atomic E-state index is 0.0449. The Morgan fingerprint density at radius 1 is 1.00 bits per heavy atom. The first-order valence-electron chi connectivity index (χ1n) is 9.85. The summed E-state index contributed by atoms with van der Waals surface area (Å²) in [7, 11) is 1.55. The van der Waals surface area contributed by atoms with Crippen LogP contribution < -0.4 is 14.8 Å². The molecule has 0 aliphatic rings. The summed E-state index contributed by atoms with van der Waals surface area (Å²) in [5.74, 6) is 0.588. The average Bonchev–Trinajstić information content (AvgIpc) is 2.76. The SMILES string of the molecule is CC[C@H](C)NC(=O)[C@H](C)N(Cc1ccccc1)C(=O)COc1ccccc1OC. The Morgan fingerprint density at radius 2 is 1.62 bits per heavy atom. The number of carbonyl (C=O) groups is 2. The van der Waals surface area contributed by atoms with E-state index in [0.29, 0.717) is 18.0 Å². The molecular formula is C23H30N2O4. The molecule has 6 nitrogen and oxygen atoms in total. The van der Waals surface area contributed by atoms with E-state index < -0.39 is 6.04 Å². The standard InChI is InChI=1S/C23H30N2O4/c1-5-17(2)24-23(27)18(3)25(15-19-11-7-6-8-12-19)22(26)16-29-21-14-10-9-13-20(21)28-4/h6-14,17-18H,5,15-16H2,1-4H3,(H,24,27)/t17-,18-/m0/s1. The third-order valence-electron chi connectivity index (χ3n) is 4.78. The summed E-state index contributed by atoms with van der Waals surface area (Å²) < 4.78 is 11.0. The van der Waals surface area contributed by atoms with Crippen molar-refractivity contribution < 1.29 is 19.1 Å². The van der Waals surface area contributed by atoms with E-state index in [0.717, 1.165) is 12.0 Å². The topological polar surface area (TPSA) is 67.9 Å². The van der Waals surface area contributed by atoms with Gasteiger partial charge in [0.2, 0.25) is 5.91 Å². The largest absolute Gasteiger partial charge is 0.493 e. The van der Waals surface area contributed by atoms with Gasteiger partial charge in [-0.25, -0.2) is 0 Å². The second-order valence-electron chi connectivity index (χ2n) is 6.94. The van der Waals surface area contributed by atoms with Crippen molar-refractivity contribution in [1.82, 2.24) is 10.2 Å². The summed E-state index contributed by atoms with van der Waals surface area (Å²) in [6, 6.07) is 16.2. The number of rotatable bonds is 10. The quantitative estimate of drug-likeness (QED) is 0.666. The highest BCUT2D eigenvalue weighted by Gasteiger charge is 2.27. The fourth-order valence-electron chi connectivity index (χ4n) is 2.79. The van der Waals surface area contributed by atoms with Crippen LogP contribution in [0, 0.1) is 0 Å². The molecule has 29 heavy (non-hydrogen) atoms. The van der Waals surface area contributed by atoms with Gasteiger partial charge in [0, 0.05) is 12.6 Å². The van der Waals surface area contributed by atoms with Crippen LogP contribution in [0.15, 0.2) is 54.6 Å². The maximum Gasteiger partial charge on any atom is 0.261 e. The van der Waals surface area contributed by atoms with Gasteiger partial charge in [0.1, 0.15) is 6.04 Å². The number of nitrogens with zero attached hydrogens (tertiary/aromatic N) is 1. The second kappa shape index (κ2) is 11.1. The minimum Gasteiger partial charge on any atom is -0.493 e. The molecule has 0 bridgehead atoms. The normalized spacial score (nSPS) is 12.6. The van der Waals surface area contributed by atoms with Gasteiger partial charge in [-0.05, 0) is 38.0 Å². The molecule has 6 heteroatoms. The maximum absolute atomic E-state index is 13.0. The van der Waals surface area contributed by atoms with Crippen LogP contribution in [0.5, 0.6) is 11.5 Å². The Hall–Kier alpha value is -3.02. The number of amides is 2. The van der Waals surface area contributed by atoms with Crippen LogP contribution >= 0.6 is 0 Å². The van der Waals surface area contributed by atoms with Gasteiger partial charge in [0.15, 0.2) is 18.1 Å². The molecule has 0 aromatic heterocycles. The van der Waals surface area contributed by atoms with Crippen molar-refractivity contribution in [2.45, 2.75) is 45.8 Å². The summed E-state index contributed by atoms with van der Waals surface area (Å²) in [6.07, 6.45) is 0.821. The highest BCUT2D eigenvalue weighted by Crippen LogP contribution is 2.25. The van der Waals surface area contributed by atoms with Gasteiger partial charge in [-0.1, -0.05) is 49.4 Å². The van der Waals surface area contributed by atoms with Crippen LogP contribution in [0.2, 0.25) is 0 Å². The Bertz CT molecular complexity index is 794. The van der Waals surface area contributed by atoms with Gasteiger partial charge < -0.3 is 19.7 Å². The third kappa shape index (κ3) is 6.52. The predicted molar refractivity (Wildman–Crippen MR) is 113 cm³/mol. The molecule has 1 N–H and O–H groups in total. The van der Waals surface area contributed by atoms with Crippen molar-refractivity contribution in [1.29, 1.82) is 0 Å². The lowest BCUT2D eigenvalue weighted by Crippen LogP contribution is -2.50. The molecule has 2 atom stereocenters. The molecule has 0 aliphatic carbocycles. The molecule has 2 amide bonds. The van der Waals surface area contributed by atoms with Gasteiger partial charge in [-0.15, -0.1) is 0 Å². The lowest BCUT2D eigenvalue weighted by molar-refractivity contribution is -0.142. The van der Waals surface area contributed by atoms with Crippen LogP contribution in [0.1, 0.15) is 32.8 Å². The fourth-order valence-corrected chi connectivity index (χ4v) is 2.79. The van der Waals surface area contributed by atoms with E-state index in [1.807, 2.05) is 56.3 Å². The Balaban J connectivity index is 2.14. The number of para-hydroxylation sites is 2. The van der Waals surface area contributed by atoms with Crippen LogP contribution in [0.3, 0.4) is 0 Å². The van der Waals surface area contributed by atoms with E-state index in [-0.39, 0.29) is 24.5 Å². The van der Waals surface area contributed by atoms with Crippen molar-refractivity contribution >= 4 is 11.8 Å². The van der Waals surface area contributed by atoms with Crippen molar-refractivity contribution in [2.75, 3.05) is 13.7 Å². The number of hydrogen-bond donors (Lipinski definition) is 1. The van der Waals surface area contributed by atoms with E-state index >= 15 is 0 Å². The number of methoxy groups -OCH3 is 1. The van der Waals surface area contributed by atoms with E-state index in [1.165, 1.54) is 0 Å². The molecular weight excluding hydrogens is 368 g/mol. The molecule has 0 saturated carbocycles. The van der Waals surface area contributed by atoms with Crippen LogP contribution in [0.4, 0.5) is 0 Å². The molecule has 0 aliphatic heterocycles. The van der Waals surface area contributed by atoms with Crippen LogP contribution in [0.25, 0.3) is 0 Å². The predicted octanol–water partition coefficient (Wildman–Crippen LogP) is 3.41. The second-order valence-corrected chi connectivity index (χ2v) is 6.94. The zero-order valence-electron chi connectivity index (χ0n) is 17.6. The van der Waals surface area contributed by atoms with Crippen molar-refractivity contribution in [2.24, 2.45) is 0 Å². The smallest absolute Gasteiger partial charge is 0.261 e. The van der Waals surface area contributed by atoms with Crippen LogP contribution in [-0.4, -0.2) is 42.5 Å². The van der Waals surface area contributed by atoms with Crippen LogP contribution in [-0.2, 0) is 16.1 Å². The molecule has 0 fully saturated rings. The summed E-state index contributed by atoms with van der Waals surface area (Å²) in [6.45, 7) is 5.82. The number of nitrogens with one attached hydrogen (secondary N) is 1. The molecule has 2 aromatic carbocycles. The summed E-state index contributed by atoms with van der Waals surface area (Å²) in [5, 5.41) is 2.95. The number of ether oxygens (including phenoxy) is 2. The molecule has 2 rings (SSSR count). The maximum atomic E-state index is 13.0. The highest BCUT2D eigenvalue weighted by molar-refractivity contribution is 5.88. The molecule has 0 spiro atoms. The highest BCUT2D eigenvalue weighted by atomic mass is 16.5. The number of benzene rings is 2. The summed E-state index contributed by atoms with van der Waals surface area (Å²) in [5.41, 5.74) is 0.946. The Morgan fingerprint density at radius 3 is 2.24 bits per heavy atom. The van der Waals surface area contributed by atoms with E-state index in [4.69, 9.17) is 9.47 Å². The molecule has 2 aromatic rings. The number of carbonyl (C=O) groups excluding carboxylic acids is 2. The van der Waals surface area contributed by atoms with Gasteiger partial charge in [-0.3, -0.25) is 9.59 Å². The number of hydrogen-bond acceptors (Lipinski definition) is 4. The molecule has 0 radical (unpaired) electrons. The molecule has 0 saturated heterocycles. The van der Waals surface area contributed by atoms with Crippen molar-refractivity contribution in [3.05, 3.63) is 60.2 Å². The van der Waals surface area contributed by atoms with E-state index in [9.17, 15) is 9.59 Å². The minimum atomic E-state index is -0.627.